The van der Waals surface area contributed by atoms with Crippen LogP contribution in [0.3, 0.4) is 0 Å². The molecule has 0 radical (unpaired) electrons. The first-order valence-corrected chi connectivity index (χ1v) is 4.02. The summed E-state index contributed by atoms with van der Waals surface area (Å²) in [6, 6.07) is 0. The largest absolute Gasteiger partial charge is 0.251 e. The molecule has 0 aliphatic heterocycles. The van der Waals surface area contributed by atoms with Gasteiger partial charge in [-0.1, -0.05) is 32.9 Å². The predicted molar refractivity (Wildman–Crippen MR) is 44.3 cm³/mol. The quantitative estimate of drug-likeness (QED) is 0.359. The zero-order chi connectivity index (χ0) is 8.54. The van der Waals surface area contributed by atoms with Crippen LogP contribution in [0.15, 0.2) is 12.2 Å². The number of allylic oxidation sites excluding steroid dienone is 1. The summed E-state index contributed by atoms with van der Waals surface area (Å²) in [7, 11) is 0. The summed E-state index contributed by atoms with van der Waals surface area (Å²) in [5.74, 6) is 0. The molecule has 2 nitrogen and oxygen atoms in total. The van der Waals surface area contributed by atoms with Crippen LogP contribution in [0.25, 0.3) is 0 Å². The van der Waals surface area contributed by atoms with E-state index in [0.29, 0.717) is 0 Å². The molecule has 0 aromatic carbocycles. The summed E-state index contributed by atoms with van der Waals surface area (Å²) in [6.45, 7) is 6.20. The fourth-order valence-corrected chi connectivity index (χ4v) is 1.49. The molecular weight excluding hydrogens is 140 g/mol. The molecule has 2 heteroatoms. The maximum absolute atomic E-state index is 8.80. The molecule has 0 spiro atoms. The van der Waals surface area contributed by atoms with Crippen molar-refractivity contribution in [2.75, 3.05) is 0 Å². The Labute approximate surface area is 67.8 Å². The maximum Gasteiger partial charge on any atom is 0.126 e. The van der Waals surface area contributed by atoms with Gasteiger partial charge in [-0.3, -0.25) is 5.26 Å². The van der Waals surface area contributed by atoms with Crippen molar-refractivity contribution >= 4 is 0 Å². The van der Waals surface area contributed by atoms with Crippen molar-refractivity contribution in [3.05, 3.63) is 12.2 Å². The average Bonchev–Trinajstić information content (AvgIpc) is 2.33. The Kier molecular flexibility index (Phi) is 2.08. The second-order valence-corrected chi connectivity index (χ2v) is 4.17. The van der Waals surface area contributed by atoms with E-state index in [9.17, 15) is 0 Å². The Bertz CT molecular complexity index is 167. The van der Waals surface area contributed by atoms with Crippen LogP contribution in [-0.2, 0) is 4.89 Å². The van der Waals surface area contributed by atoms with Gasteiger partial charge in [-0.15, -0.1) is 0 Å². The second kappa shape index (κ2) is 2.61. The van der Waals surface area contributed by atoms with E-state index in [2.05, 4.69) is 31.7 Å². The molecule has 0 aromatic heterocycles. The lowest BCUT2D eigenvalue weighted by atomic mass is 9.76. The Balaban J connectivity index is 2.84. The van der Waals surface area contributed by atoms with Crippen molar-refractivity contribution < 1.29 is 10.1 Å². The predicted octanol–water partition coefficient (Wildman–Crippen LogP) is 2.61. The first-order valence-electron chi connectivity index (χ1n) is 4.02. The fraction of sp³-hybridized carbons (Fsp3) is 0.778. The summed E-state index contributed by atoms with van der Waals surface area (Å²) in [5, 5.41) is 8.80. The van der Waals surface area contributed by atoms with E-state index in [1.165, 1.54) is 0 Å². The van der Waals surface area contributed by atoms with E-state index in [0.717, 1.165) is 12.8 Å². The normalized spacial score (nSPS) is 31.3. The number of rotatable bonds is 1. The van der Waals surface area contributed by atoms with Gasteiger partial charge in [0.25, 0.3) is 0 Å². The standard InChI is InChI=1S/C9H16O2/c1-8(2,3)9(11-10)6-4-5-7-9/h4,6,10H,5,7H2,1-3H3. The molecule has 0 saturated carbocycles. The van der Waals surface area contributed by atoms with E-state index in [-0.39, 0.29) is 5.41 Å². The molecule has 11 heavy (non-hydrogen) atoms. The van der Waals surface area contributed by atoms with Crippen LogP contribution in [0.4, 0.5) is 0 Å². The van der Waals surface area contributed by atoms with Gasteiger partial charge >= 0.3 is 0 Å². The molecule has 1 aliphatic rings. The van der Waals surface area contributed by atoms with Crippen molar-refractivity contribution in [1.29, 1.82) is 0 Å². The average molecular weight is 156 g/mol. The molecule has 0 fully saturated rings. The van der Waals surface area contributed by atoms with Crippen LogP contribution in [0.5, 0.6) is 0 Å². The molecule has 1 N–H and O–H groups in total. The van der Waals surface area contributed by atoms with Crippen LogP contribution in [0, 0.1) is 5.41 Å². The fourth-order valence-electron chi connectivity index (χ4n) is 1.49. The van der Waals surface area contributed by atoms with Gasteiger partial charge in [-0.25, -0.2) is 4.89 Å². The maximum atomic E-state index is 8.80. The van der Waals surface area contributed by atoms with Crippen LogP contribution >= 0.6 is 0 Å². The van der Waals surface area contributed by atoms with E-state index in [1.807, 2.05) is 6.08 Å². The topological polar surface area (TPSA) is 29.5 Å². The highest BCUT2D eigenvalue weighted by molar-refractivity contribution is 5.13. The zero-order valence-electron chi connectivity index (χ0n) is 7.42. The van der Waals surface area contributed by atoms with Crippen LogP contribution in [0.2, 0.25) is 0 Å². The SMILES string of the molecule is CC(C)(C)C1(OO)C=CCC1. The molecular formula is C9H16O2. The molecule has 1 unspecified atom stereocenters. The van der Waals surface area contributed by atoms with Crippen molar-refractivity contribution in [2.45, 2.75) is 39.2 Å². The lowest BCUT2D eigenvalue weighted by Crippen LogP contribution is -2.41. The lowest BCUT2D eigenvalue weighted by Gasteiger charge is -2.37. The van der Waals surface area contributed by atoms with E-state index in [4.69, 9.17) is 5.26 Å². The third-order valence-corrected chi connectivity index (χ3v) is 2.50. The molecule has 1 aliphatic carbocycles. The van der Waals surface area contributed by atoms with Gasteiger partial charge in [0.1, 0.15) is 5.60 Å². The summed E-state index contributed by atoms with van der Waals surface area (Å²) in [4.78, 5) is 4.58. The van der Waals surface area contributed by atoms with Gasteiger partial charge in [-0.2, -0.15) is 0 Å². The van der Waals surface area contributed by atoms with Gasteiger partial charge in [0.15, 0.2) is 0 Å². The minimum Gasteiger partial charge on any atom is -0.251 e. The highest BCUT2D eigenvalue weighted by atomic mass is 17.1. The number of hydrogen-bond acceptors (Lipinski definition) is 2. The first kappa shape index (κ1) is 8.75. The summed E-state index contributed by atoms with van der Waals surface area (Å²) in [5.41, 5.74) is -0.484. The van der Waals surface area contributed by atoms with E-state index >= 15 is 0 Å². The molecule has 0 saturated heterocycles. The molecule has 0 bridgehead atoms. The van der Waals surface area contributed by atoms with Gasteiger partial charge in [-0.05, 0) is 18.3 Å². The zero-order valence-corrected chi connectivity index (χ0v) is 7.42. The second-order valence-electron chi connectivity index (χ2n) is 4.17. The van der Waals surface area contributed by atoms with Crippen LogP contribution in [-0.4, -0.2) is 10.9 Å². The van der Waals surface area contributed by atoms with Crippen LogP contribution < -0.4 is 0 Å². The Morgan fingerprint density at radius 3 is 2.27 bits per heavy atom. The highest BCUT2D eigenvalue weighted by Gasteiger charge is 2.43. The smallest absolute Gasteiger partial charge is 0.126 e. The van der Waals surface area contributed by atoms with E-state index in [1.54, 1.807) is 0 Å². The van der Waals surface area contributed by atoms with Gasteiger partial charge in [0.05, 0.1) is 0 Å². The third-order valence-electron chi connectivity index (χ3n) is 2.50. The van der Waals surface area contributed by atoms with Crippen molar-refractivity contribution in [3.8, 4) is 0 Å². The van der Waals surface area contributed by atoms with Gasteiger partial charge in [0.2, 0.25) is 0 Å². The third kappa shape index (κ3) is 1.33. The van der Waals surface area contributed by atoms with Crippen molar-refractivity contribution in [2.24, 2.45) is 5.41 Å². The number of hydrogen-bond donors (Lipinski definition) is 1. The highest BCUT2D eigenvalue weighted by Crippen LogP contribution is 2.41. The molecule has 0 amide bonds. The Hall–Kier alpha value is -0.340. The van der Waals surface area contributed by atoms with Crippen molar-refractivity contribution in [1.82, 2.24) is 0 Å². The Morgan fingerprint density at radius 1 is 1.45 bits per heavy atom. The van der Waals surface area contributed by atoms with E-state index < -0.39 is 5.60 Å². The van der Waals surface area contributed by atoms with Crippen molar-refractivity contribution in [3.63, 3.8) is 0 Å². The minimum absolute atomic E-state index is 0.0330. The molecule has 0 heterocycles. The summed E-state index contributed by atoms with van der Waals surface area (Å²) in [6.07, 6.45) is 5.90. The molecule has 1 rings (SSSR count). The minimum atomic E-state index is -0.451. The first-order chi connectivity index (χ1) is 5.02. The lowest BCUT2D eigenvalue weighted by molar-refractivity contribution is -0.331. The monoisotopic (exact) mass is 156 g/mol. The van der Waals surface area contributed by atoms with Crippen LogP contribution in [0.1, 0.15) is 33.6 Å². The van der Waals surface area contributed by atoms with Gasteiger partial charge < -0.3 is 0 Å². The summed E-state index contributed by atoms with van der Waals surface area (Å²) >= 11 is 0. The van der Waals surface area contributed by atoms with Gasteiger partial charge in [0, 0.05) is 0 Å². The summed E-state index contributed by atoms with van der Waals surface area (Å²) < 4.78 is 0. The molecule has 1 atom stereocenters. The molecule has 0 aromatic rings. The Morgan fingerprint density at radius 2 is 2.09 bits per heavy atom. The molecule has 64 valence electrons.